The maximum Gasteiger partial charge on any atom is 0.134 e. The second-order valence-electron chi connectivity index (χ2n) is 4.46. The van der Waals surface area contributed by atoms with E-state index < -0.39 is 0 Å². The van der Waals surface area contributed by atoms with Crippen LogP contribution in [0.1, 0.15) is 22.5 Å². The maximum absolute atomic E-state index is 5.74. The van der Waals surface area contributed by atoms with Crippen LogP contribution in [-0.2, 0) is 13.6 Å². The third-order valence-corrected chi connectivity index (χ3v) is 3.11. The van der Waals surface area contributed by atoms with E-state index in [-0.39, 0.29) is 0 Å². The SMILES string of the molecule is Cc1ccc(CNc2c(C(N)=S)c(C)nn2C)cn1. The molecule has 5 nitrogen and oxygen atoms in total. The molecule has 0 radical (unpaired) electrons. The summed E-state index contributed by atoms with van der Waals surface area (Å²) in [4.78, 5) is 4.62. The first-order valence-electron chi connectivity index (χ1n) is 5.98. The summed E-state index contributed by atoms with van der Waals surface area (Å²) >= 11 is 5.07. The van der Waals surface area contributed by atoms with Crippen molar-refractivity contribution in [3.05, 3.63) is 40.8 Å². The summed E-state index contributed by atoms with van der Waals surface area (Å²) in [5, 5.41) is 7.64. The molecule has 100 valence electrons. The number of pyridine rings is 1. The lowest BCUT2D eigenvalue weighted by molar-refractivity contribution is 0.758. The van der Waals surface area contributed by atoms with E-state index in [1.807, 2.05) is 39.2 Å². The highest BCUT2D eigenvalue weighted by atomic mass is 32.1. The Balaban J connectivity index is 2.20. The minimum absolute atomic E-state index is 0.357. The molecule has 0 aromatic carbocycles. The molecule has 2 aromatic heterocycles. The third kappa shape index (κ3) is 2.90. The molecule has 2 aromatic rings. The number of nitrogens with one attached hydrogen (secondary N) is 1. The van der Waals surface area contributed by atoms with Crippen molar-refractivity contribution >= 4 is 23.0 Å². The smallest absolute Gasteiger partial charge is 0.134 e. The van der Waals surface area contributed by atoms with Crippen LogP contribution in [0.5, 0.6) is 0 Å². The summed E-state index contributed by atoms with van der Waals surface area (Å²) in [6.45, 7) is 4.52. The van der Waals surface area contributed by atoms with Crippen molar-refractivity contribution < 1.29 is 0 Å². The molecule has 0 amide bonds. The highest BCUT2D eigenvalue weighted by molar-refractivity contribution is 7.80. The van der Waals surface area contributed by atoms with E-state index in [0.29, 0.717) is 11.5 Å². The monoisotopic (exact) mass is 275 g/mol. The largest absolute Gasteiger partial charge is 0.389 e. The summed E-state index contributed by atoms with van der Waals surface area (Å²) in [5.41, 5.74) is 9.48. The number of nitrogens with two attached hydrogens (primary N) is 1. The van der Waals surface area contributed by atoms with Gasteiger partial charge in [-0.1, -0.05) is 18.3 Å². The van der Waals surface area contributed by atoms with Gasteiger partial charge in [0.05, 0.1) is 11.3 Å². The van der Waals surface area contributed by atoms with Crippen LogP contribution in [0.25, 0.3) is 0 Å². The maximum atomic E-state index is 5.74. The zero-order valence-corrected chi connectivity index (χ0v) is 12.1. The van der Waals surface area contributed by atoms with Crippen LogP contribution in [0.3, 0.4) is 0 Å². The summed E-state index contributed by atoms with van der Waals surface area (Å²) < 4.78 is 1.76. The Labute approximate surface area is 117 Å². The molecular weight excluding hydrogens is 258 g/mol. The van der Waals surface area contributed by atoms with Crippen molar-refractivity contribution in [2.75, 3.05) is 5.32 Å². The lowest BCUT2D eigenvalue weighted by Gasteiger charge is -2.09. The fourth-order valence-corrected chi connectivity index (χ4v) is 2.19. The zero-order chi connectivity index (χ0) is 14.0. The Morgan fingerprint density at radius 1 is 1.42 bits per heavy atom. The van der Waals surface area contributed by atoms with Gasteiger partial charge in [0.15, 0.2) is 0 Å². The molecule has 0 atom stereocenters. The van der Waals surface area contributed by atoms with Crippen molar-refractivity contribution in [2.24, 2.45) is 12.8 Å². The highest BCUT2D eigenvalue weighted by Crippen LogP contribution is 2.19. The molecule has 2 heterocycles. The quantitative estimate of drug-likeness (QED) is 0.831. The summed E-state index contributed by atoms with van der Waals surface area (Å²) in [6, 6.07) is 4.03. The molecule has 0 aliphatic rings. The van der Waals surface area contributed by atoms with Gasteiger partial charge in [-0.15, -0.1) is 0 Å². The number of nitrogens with zero attached hydrogens (tertiary/aromatic N) is 3. The highest BCUT2D eigenvalue weighted by Gasteiger charge is 2.15. The number of hydrogen-bond acceptors (Lipinski definition) is 4. The number of thiocarbonyl (C=S) groups is 1. The third-order valence-electron chi connectivity index (χ3n) is 2.90. The topological polar surface area (TPSA) is 68.8 Å². The van der Waals surface area contributed by atoms with Gasteiger partial charge in [-0.3, -0.25) is 9.67 Å². The zero-order valence-electron chi connectivity index (χ0n) is 11.3. The van der Waals surface area contributed by atoms with Crippen LogP contribution in [0.2, 0.25) is 0 Å². The first kappa shape index (κ1) is 13.5. The average molecular weight is 275 g/mol. The Morgan fingerprint density at radius 2 is 2.16 bits per heavy atom. The van der Waals surface area contributed by atoms with E-state index in [9.17, 15) is 0 Å². The number of aromatic nitrogens is 3. The van der Waals surface area contributed by atoms with Crippen molar-refractivity contribution in [3.8, 4) is 0 Å². The predicted octanol–water partition coefficient (Wildman–Crippen LogP) is 1.68. The Kier molecular flexibility index (Phi) is 3.80. The fraction of sp³-hybridized carbons (Fsp3) is 0.308. The van der Waals surface area contributed by atoms with Gasteiger partial charge in [0.25, 0.3) is 0 Å². The number of anilines is 1. The van der Waals surface area contributed by atoms with E-state index in [2.05, 4.69) is 15.4 Å². The molecule has 0 aliphatic carbocycles. The van der Waals surface area contributed by atoms with Crippen LogP contribution in [-0.4, -0.2) is 19.8 Å². The lowest BCUT2D eigenvalue weighted by Crippen LogP contribution is -2.14. The molecule has 0 bridgehead atoms. The van der Waals surface area contributed by atoms with Gasteiger partial charge in [0.1, 0.15) is 10.8 Å². The van der Waals surface area contributed by atoms with Gasteiger partial charge in [-0.05, 0) is 25.5 Å². The van der Waals surface area contributed by atoms with Crippen LogP contribution in [0.15, 0.2) is 18.3 Å². The van der Waals surface area contributed by atoms with E-state index in [4.69, 9.17) is 18.0 Å². The lowest BCUT2D eigenvalue weighted by atomic mass is 10.2. The first-order valence-corrected chi connectivity index (χ1v) is 6.38. The molecule has 0 saturated heterocycles. The summed E-state index contributed by atoms with van der Waals surface area (Å²) in [5.74, 6) is 0.838. The van der Waals surface area contributed by atoms with Gasteiger partial charge < -0.3 is 11.1 Å². The predicted molar refractivity (Wildman–Crippen MR) is 80.1 cm³/mol. The summed E-state index contributed by atoms with van der Waals surface area (Å²) in [6.07, 6.45) is 1.85. The standard InChI is InChI=1S/C13H17N5S/c1-8-4-5-10(6-15-8)7-16-13-11(12(14)19)9(2)17-18(13)3/h4-6,16H,7H2,1-3H3,(H2,14,19). The van der Waals surface area contributed by atoms with Gasteiger partial charge in [-0.2, -0.15) is 5.10 Å². The Hall–Kier alpha value is -1.95. The molecule has 0 spiro atoms. The van der Waals surface area contributed by atoms with E-state index in [1.165, 1.54) is 0 Å². The van der Waals surface area contributed by atoms with E-state index in [0.717, 1.165) is 28.3 Å². The Morgan fingerprint density at radius 3 is 2.74 bits per heavy atom. The van der Waals surface area contributed by atoms with E-state index >= 15 is 0 Å². The second kappa shape index (κ2) is 5.36. The average Bonchev–Trinajstić information content (AvgIpc) is 2.63. The van der Waals surface area contributed by atoms with Gasteiger partial charge >= 0.3 is 0 Å². The van der Waals surface area contributed by atoms with Gasteiger partial charge in [-0.25, -0.2) is 0 Å². The number of hydrogen-bond donors (Lipinski definition) is 2. The van der Waals surface area contributed by atoms with Gasteiger partial charge in [0, 0.05) is 25.5 Å². The van der Waals surface area contributed by atoms with Gasteiger partial charge in [0.2, 0.25) is 0 Å². The van der Waals surface area contributed by atoms with Crippen molar-refractivity contribution in [1.82, 2.24) is 14.8 Å². The van der Waals surface area contributed by atoms with Crippen LogP contribution in [0, 0.1) is 13.8 Å². The minimum atomic E-state index is 0.357. The molecule has 6 heteroatoms. The fourth-order valence-electron chi connectivity index (χ4n) is 1.94. The molecule has 0 saturated carbocycles. The number of aryl methyl sites for hydroxylation is 3. The normalized spacial score (nSPS) is 10.5. The second-order valence-corrected chi connectivity index (χ2v) is 4.90. The molecule has 0 fully saturated rings. The van der Waals surface area contributed by atoms with Crippen LogP contribution < -0.4 is 11.1 Å². The minimum Gasteiger partial charge on any atom is -0.389 e. The van der Waals surface area contributed by atoms with E-state index in [1.54, 1.807) is 4.68 Å². The van der Waals surface area contributed by atoms with Crippen LogP contribution in [0.4, 0.5) is 5.82 Å². The van der Waals surface area contributed by atoms with Crippen LogP contribution >= 0.6 is 12.2 Å². The molecule has 3 N–H and O–H groups in total. The summed E-state index contributed by atoms with van der Waals surface area (Å²) in [7, 11) is 1.87. The molecule has 0 unspecified atom stereocenters. The number of rotatable bonds is 4. The van der Waals surface area contributed by atoms with Crippen molar-refractivity contribution in [1.29, 1.82) is 0 Å². The molecular formula is C13H17N5S. The molecule has 19 heavy (non-hydrogen) atoms. The molecule has 0 aliphatic heterocycles. The first-order chi connectivity index (χ1) is 8.99. The van der Waals surface area contributed by atoms with Crippen molar-refractivity contribution in [3.63, 3.8) is 0 Å². The van der Waals surface area contributed by atoms with Crippen molar-refractivity contribution in [2.45, 2.75) is 20.4 Å². The Bertz CT molecular complexity index is 600. The molecule has 2 rings (SSSR count).